The number of ether oxygens (including phenoxy) is 2. The maximum absolute atomic E-state index is 13.0. The molecule has 2 amide bonds. The normalized spacial score (nSPS) is 12.6. The third-order valence-corrected chi connectivity index (χ3v) is 5.98. The fourth-order valence-electron chi connectivity index (χ4n) is 3.90. The molecule has 0 fully saturated rings. The first-order valence-corrected chi connectivity index (χ1v) is 13.1. The van der Waals surface area contributed by atoms with E-state index in [0.29, 0.717) is 30.6 Å². The number of carbonyl (C=O) groups is 2. The Balaban J connectivity index is 1.97. The van der Waals surface area contributed by atoms with E-state index in [-0.39, 0.29) is 44.8 Å². The van der Waals surface area contributed by atoms with Crippen molar-refractivity contribution >= 4 is 17.7 Å². The van der Waals surface area contributed by atoms with Crippen LogP contribution in [0, 0.1) is 0 Å². The smallest absolute Gasteiger partial charge is 0.416 e. The standard InChI is InChI=1S/C28H34F6N2O5/c1-2-40-24(25(37)38)18-20-10-12-23(13-11-20)41-17-16-36(15-6-4-3-5-14-27(29,30)31)26(39)35-22-9-7-8-21(19-22)28(32,33)34/h7-13,19,24H,2-6,14-18H2,1H3,(H,35,39)(H,37,38). The lowest BCUT2D eigenvalue weighted by Gasteiger charge is -2.23. The van der Waals surface area contributed by atoms with Gasteiger partial charge in [-0.15, -0.1) is 0 Å². The molecule has 0 radical (unpaired) electrons. The van der Waals surface area contributed by atoms with E-state index >= 15 is 0 Å². The molecule has 2 N–H and O–H groups in total. The van der Waals surface area contributed by atoms with E-state index in [0.717, 1.165) is 12.1 Å². The number of alkyl halides is 6. The van der Waals surface area contributed by atoms with E-state index < -0.39 is 42.4 Å². The van der Waals surface area contributed by atoms with E-state index in [1.807, 2.05) is 0 Å². The lowest BCUT2D eigenvalue weighted by Crippen LogP contribution is -2.38. The molecule has 0 aliphatic carbocycles. The molecule has 0 aliphatic rings. The van der Waals surface area contributed by atoms with Crippen LogP contribution >= 0.6 is 0 Å². The SMILES string of the molecule is CCOC(Cc1ccc(OCCN(CCCCCCC(F)(F)F)C(=O)Nc2cccc(C(F)(F)F)c2)cc1)C(=O)O. The van der Waals surface area contributed by atoms with E-state index in [2.05, 4.69) is 5.32 Å². The highest BCUT2D eigenvalue weighted by Gasteiger charge is 2.30. The Labute approximate surface area is 234 Å². The molecule has 1 atom stereocenters. The van der Waals surface area contributed by atoms with Gasteiger partial charge in [0.1, 0.15) is 12.4 Å². The van der Waals surface area contributed by atoms with Gasteiger partial charge in [-0.3, -0.25) is 0 Å². The third-order valence-electron chi connectivity index (χ3n) is 5.98. The summed E-state index contributed by atoms with van der Waals surface area (Å²) < 4.78 is 87.1. The summed E-state index contributed by atoms with van der Waals surface area (Å²) in [6.45, 7) is 2.20. The summed E-state index contributed by atoms with van der Waals surface area (Å²) in [7, 11) is 0. The number of rotatable bonds is 16. The number of urea groups is 1. The summed E-state index contributed by atoms with van der Waals surface area (Å²) >= 11 is 0. The van der Waals surface area contributed by atoms with Crippen LogP contribution in [0.2, 0.25) is 0 Å². The summed E-state index contributed by atoms with van der Waals surface area (Å²) in [6, 6.07) is 10.1. The van der Waals surface area contributed by atoms with Crippen molar-refractivity contribution in [3.8, 4) is 5.75 Å². The van der Waals surface area contributed by atoms with Gasteiger partial charge in [0, 0.05) is 31.7 Å². The van der Waals surface area contributed by atoms with Crippen molar-refractivity contribution in [3.05, 3.63) is 59.7 Å². The number of nitrogens with zero attached hydrogens (tertiary/aromatic N) is 1. The van der Waals surface area contributed by atoms with Gasteiger partial charge in [-0.25, -0.2) is 9.59 Å². The number of nitrogens with one attached hydrogen (secondary N) is 1. The first-order valence-electron chi connectivity index (χ1n) is 13.1. The number of halogens is 6. The molecule has 0 aliphatic heterocycles. The molecule has 13 heteroatoms. The molecule has 0 spiro atoms. The zero-order valence-electron chi connectivity index (χ0n) is 22.6. The Morgan fingerprint density at radius 2 is 1.63 bits per heavy atom. The summed E-state index contributed by atoms with van der Waals surface area (Å²) in [5.41, 5.74) is -0.261. The first-order chi connectivity index (χ1) is 19.3. The molecule has 2 aromatic rings. The average Bonchev–Trinajstić information content (AvgIpc) is 2.89. The van der Waals surface area contributed by atoms with Gasteiger partial charge >= 0.3 is 24.4 Å². The second-order valence-electron chi connectivity index (χ2n) is 9.25. The largest absolute Gasteiger partial charge is 0.492 e. The Bertz CT molecular complexity index is 1090. The molecular formula is C28H34F6N2O5. The van der Waals surface area contributed by atoms with Crippen LogP contribution in [0.25, 0.3) is 0 Å². The van der Waals surface area contributed by atoms with Crippen LogP contribution in [-0.4, -0.2) is 60.6 Å². The highest BCUT2D eigenvalue weighted by Crippen LogP contribution is 2.30. The summed E-state index contributed by atoms with van der Waals surface area (Å²) in [5, 5.41) is 11.7. The van der Waals surface area contributed by atoms with Gasteiger partial charge in [0.15, 0.2) is 6.10 Å². The van der Waals surface area contributed by atoms with E-state index in [1.54, 1.807) is 31.2 Å². The summed E-state index contributed by atoms with van der Waals surface area (Å²) in [5.74, 6) is -0.626. The van der Waals surface area contributed by atoms with Crippen molar-refractivity contribution < 1.29 is 50.5 Å². The molecule has 1 unspecified atom stereocenters. The number of hydrogen-bond acceptors (Lipinski definition) is 4. The zero-order valence-corrected chi connectivity index (χ0v) is 22.6. The molecule has 0 heterocycles. The van der Waals surface area contributed by atoms with Crippen molar-refractivity contribution in [1.82, 2.24) is 4.90 Å². The van der Waals surface area contributed by atoms with Gasteiger partial charge in [-0.2, -0.15) is 26.3 Å². The number of benzene rings is 2. The molecule has 41 heavy (non-hydrogen) atoms. The Morgan fingerprint density at radius 1 is 0.951 bits per heavy atom. The van der Waals surface area contributed by atoms with Crippen molar-refractivity contribution in [2.75, 3.05) is 31.6 Å². The van der Waals surface area contributed by atoms with Gasteiger partial charge < -0.3 is 24.8 Å². The first kappa shape index (κ1) is 33.7. The number of hydrogen-bond donors (Lipinski definition) is 2. The predicted molar refractivity (Wildman–Crippen MR) is 140 cm³/mol. The van der Waals surface area contributed by atoms with Gasteiger partial charge in [-0.05, 0) is 55.7 Å². The van der Waals surface area contributed by atoms with Crippen LogP contribution in [0.4, 0.5) is 36.8 Å². The Hall–Kier alpha value is -3.48. The number of carbonyl (C=O) groups excluding carboxylic acids is 1. The highest BCUT2D eigenvalue weighted by molar-refractivity contribution is 5.89. The number of unbranched alkanes of at least 4 members (excludes halogenated alkanes) is 3. The van der Waals surface area contributed by atoms with Crippen molar-refractivity contribution in [2.45, 2.75) is 63.9 Å². The van der Waals surface area contributed by atoms with Gasteiger partial charge in [0.05, 0.1) is 12.1 Å². The molecule has 0 saturated carbocycles. The minimum Gasteiger partial charge on any atom is -0.492 e. The van der Waals surface area contributed by atoms with Gasteiger partial charge in [-0.1, -0.05) is 31.0 Å². The second-order valence-corrected chi connectivity index (χ2v) is 9.25. The van der Waals surface area contributed by atoms with Crippen LogP contribution < -0.4 is 10.1 Å². The maximum atomic E-state index is 13.0. The quantitative estimate of drug-likeness (QED) is 0.160. The summed E-state index contributed by atoms with van der Waals surface area (Å²) in [6.07, 6.45) is -9.40. The molecule has 0 bridgehead atoms. The van der Waals surface area contributed by atoms with E-state index in [9.17, 15) is 41.0 Å². The lowest BCUT2D eigenvalue weighted by molar-refractivity contribution is -0.150. The van der Waals surface area contributed by atoms with E-state index in [1.165, 1.54) is 17.0 Å². The van der Waals surface area contributed by atoms with Crippen LogP contribution in [0.3, 0.4) is 0 Å². The number of carboxylic acid groups (broad SMARTS) is 1. The molecule has 7 nitrogen and oxygen atoms in total. The van der Waals surface area contributed by atoms with Crippen molar-refractivity contribution in [3.63, 3.8) is 0 Å². The minimum atomic E-state index is -4.59. The number of amides is 2. The molecule has 228 valence electrons. The van der Waals surface area contributed by atoms with Crippen LogP contribution in [-0.2, 0) is 22.1 Å². The molecule has 0 saturated heterocycles. The average molecular weight is 593 g/mol. The topological polar surface area (TPSA) is 88.1 Å². The van der Waals surface area contributed by atoms with Crippen LogP contribution in [0.5, 0.6) is 5.75 Å². The van der Waals surface area contributed by atoms with Gasteiger partial charge in [0.25, 0.3) is 0 Å². The van der Waals surface area contributed by atoms with Gasteiger partial charge in [0.2, 0.25) is 0 Å². The predicted octanol–water partition coefficient (Wildman–Crippen LogP) is 7.16. The third kappa shape index (κ3) is 13.2. The monoisotopic (exact) mass is 592 g/mol. The number of aliphatic carboxylic acids is 1. The maximum Gasteiger partial charge on any atom is 0.416 e. The fraction of sp³-hybridized carbons (Fsp3) is 0.500. The number of carboxylic acids is 1. The van der Waals surface area contributed by atoms with Crippen LogP contribution in [0.15, 0.2) is 48.5 Å². The minimum absolute atomic E-state index is 0.0279. The molecule has 2 rings (SSSR count). The van der Waals surface area contributed by atoms with Crippen LogP contribution in [0.1, 0.15) is 50.2 Å². The van der Waals surface area contributed by atoms with Crippen molar-refractivity contribution in [1.29, 1.82) is 0 Å². The molecular weight excluding hydrogens is 558 g/mol. The molecule has 2 aromatic carbocycles. The Kier molecular flexibility index (Phi) is 13.2. The number of anilines is 1. The fourth-order valence-corrected chi connectivity index (χ4v) is 3.90. The zero-order chi connectivity index (χ0) is 30.5. The lowest BCUT2D eigenvalue weighted by atomic mass is 10.1. The van der Waals surface area contributed by atoms with E-state index in [4.69, 9.17) is 9.47 Å². The highest BCUT2D eigenvalue weighted by atomic mass is 19.4. The summed E-state index contributed by atoms with van der Waals surface area (Å²) in [4.78, 5) is 25.5. The molecule has 0 aromatic heterocycles. The Morgan fingerprint density at radius 3 is 2.24 bits per heavy atom. The van der Waals surface area contributed by atoms with Crippen molar-refractivity contribution in [2.24, 2.45) is 0 Å². The second kappa shape index (κ2) is 16.1.